The molecule has 1 aliphatic heterocycles. The van der Waals surface area contributed by atoms with Gasteiger partial charge in [0, 0.05) is 34.0 Å². The Labute approximate surface area is 237 Å². The van der Waals surface area contributed by atoms with Crippen LogP contribution in [0.15, 0.2) is 41.5 Å². The van der Waals surface area contributed by atoms with Gasteiger partial charge in [0.2, 0.25) is 0 Å². The van der Waals surface area contributed by atoms with Crippen molar-refractivity contribution in [3.8, 4) is 6.07 Å². The number of nitriles is 1. The van der Waals surface area contributed by atoms with E-state index in [1.165, 1.54) is 30.3 Å². The third-order valence-electron chi connectivity index (χ3n) is 7.00. The number of rotatable bonds is 8. The molecule has 2 aromatic rings. The Bertz CT molecular complexity index is 1330. The van der Waals surface area contributed by atoms with Crippen molar-refractivity contribution in [3.63, 3.8) is 0 Å². The van der Waals surface area contributed by atoms with Crippen molar-refractivity contribution in [3.05, 3.63) is 79.6 Å². The van der Waals surface area contributed by atoms with Crippen LogP contribution in [0.4, 0.5) is 8.78 Å². The van der Waals surface area contributed by atoms with Gasteiger partial charge in [-0.2, -0.15) is 5.26 Å². The fourth-order valence-electron chi connectivity index (χ4n) is 5.34. The van der Waals surface area contributed by atoms with E-state index in [0.29, 0.717) is 6.42 Å². The van der Waals surface area contributed by atoms with Gasteiger partial charge >= 0.3 is 5.97 Å². The molecular weight excluding hydrogens is 547 g/mol. The van der Waals surface area contributed by atoms with Crippen LogP contribution in [0.25, 0.3) is 10.4 Å². The van der Waals surface area contributed by atoms with Crippen molar-refractivity contribution in [2.24, 2.45) is 10.5 Å². The van der Waals surface area contributed by atoms with E-state index in [0.717, 1.165) is 6.07 Å². The summed E-state index contributed by atoms with van der Waals surface area (Å²) < 4.78 is 37.1. The van der Waals surface area contributed by atoms with Crippen LogP contribution in [0.1, 0.15) is 64.5 Å². The maximum Gasteiger partial charge on any atom is 0.324 e. The molecule has 1 fully saturated rings. The van der Waals surface area contributed by atoms with Gasteiger partial charge in [-0.3, -0.25) is 10.1 Å². The zero-order chi connectivity index (χ0) is 29.2. The fraction of sp³-hybridized carbons (Fsp3) is 0.500. The van der Waals surface area contributed by atoms with E-state index in [1.54, 1.807) is 20.8 Å². The van der Waals surface area contributed by atoms with E-state index in [9.17, 15) is 10.1 Å². The molecule has 1 aliphatic rings. The number of hydrogen-bond donors (Lipinski definition) is 1. The Morgan fingerprint density at radius 1 is 1.23 bits per heavy atom. The third-order valence-corrected chi connectivity index (χ3v) is 7.53. The molecule has 208 valence electrons. The molecule has 0 radical (unpaired) electrons. The SMILES string of the molecule is CC(C)(CCN=[N+]=[N-])CC1NC(C(=O)OC(C)(C)C)C(c2cccc(Cl)c2F)C1(C#N)c1ccc(Cl)cc1F. The number of halogens is 4. The predicted molar refractivity (Wildman–Crippen MR) is 146 cm³/mol. The average molecular weight is 578 g/mol. The number of nitrogens with zero attached hydrogens (tertiary/aromatic N) is 4. The van der Waals surface area contributed by atoms with Gasteiger partial charge in [-0.05, 0) is 68.3 Å². The van der Waals surface area contributed by atoms with Crippen LogP contribution < -0.4 is 5.32 Å². The quantitative estimate of drug-likeness (QED) is 0.150. The Morgan fingerprint density at radius 2 is 1.92 bits per heavy atom. The minimum absolute atomic E-state index is 0.0175. The van der Waals surface area contributed by atoms with Crippen molar-refractivity contribution < 1.29 is 18.3 Å². The van der Waals surface area contributed by atoms with Crippen LogP contribution in [0.2, 0.25) is 10.0 Å². The monoisotopic (exact) mass is 577 g/mol. The average Bonchev–Trinajstić information content (AvgIpc) is 3.13. The van der Waals surface area contributed by atoms with Crippen LogP contribution in [-0.2, 0) is 14.9 Å². The number of hydrogen-bond acceptors (Lipinski definition) is 5. The van der Waals surface area contributed by atoms with Gasteiger partial charge in [0.15, 0.2) is 0 Å². The topological polar surface area (TPSA) is 111 Å². The lowest BCUT2D eigenvalue weighted by atomic mass is 9.62. The van der Waals surface area contributed by atoms with Gasteiger partial charge in [0.25, 0.3) is 0 Å². The number of benzene rings is 2. The highest BCUT2D eigenvalue weighted by Crippen LogP contribution is 2.53. The van der Waals surface area contributed by atoms with Crippen LogP contribution in [-0.4, -0.2) is 30.2 Å². The molecule has 0 saturated carbocycles. The highest BCUT2D eigenvalue weighted by Gasteiger charge is 2.62. The molecule has 2 aromatic carbocycles. The minimum atomic E-state index is -1.78. The summed E-state index contributed by atoms with van der Waals surface area (Å²) in [5.74, 6) is -3.50. The molecule has 0 bridgehead atoms. The maximum atomic E-state index is 15.7. The molecule has 0 aliphatic carbocycles. The first-order chi connectivity index (χ1) is 18.2. The number of carbonyl (C=O) groups is 1. The van der Waals surface area contributed by atoms with E-state index in [2.05, 4.69) is 21.4 Å². The second kappa shape index (κ2) is 11.7. The molecule has 39 heavy (non-hydrogen) atoms. The van der Waals surface area contributed by atoms with Crippen molar-refractivity contribution >= 4 is 29.2 Å². The van der Waals surface area contributed by atoms with Gasteiger partial charge in [-0.15, -0.1) is 0 Å². The summed E-state index contributed by atoms with van der Waals surface area (Å²) in [6.45, 7) is 9.12. The van der Waals surface area contributed by atoms with Crippen LogP contribution in [0, 0.1) is 28.4 Å². The lowest BCUT2D eigenvalue weighted by Gasteiger charge is -2.38. The third kappa shape index (κ3) is 6.47. The lowest BCUT2D eigenvalue weighted by Crippen LogP contribution is -2.45. The van der Waals surface area contributed by atoms with Gasteiger partial charge in [0.05, 0.1) is 11.1 Å². The van der Waals surface area contributed by atoms with Crippen molar-refractivity contribution in [1.29, 1.82) is 5.26 Å². The Hall–Kier alpha value is -2.89. The second-order valence-corrected chi connectivity index (χ2v) is 12.4. The van der Waals surface area contributed by atoms with Gasteiger partial charge in [0.1, 0.15) is 28.7 Å². The predicted octanol–water partition coefficient (Wildman–Crippen LogP) is 7.62. The van der Waals surface area contributed by atoms with Gasteiger partial charge in [-0.25, -0.2) is 8.78 Å². The highest BCUT2D eigenvalue weighted by atomic mass is 35.5. The molecule has 0 aromatic heterocycles. The Morgan fingerprint density at radius 3 is 2.51 bits per heavy atom. The zero-order valence-electron chi connectivity index (χ0n) is 22.4. The number of ether oxygens (including phenoxy) is 1. The molecule has 1 saturated heterocycles. The summed E-state index contributed by atoms with van der Waals surface area (Å²) in [5, 5.41) is 17.7. The number of carbonyl (C=O) groups excluding carboxylic acids is 1. The minimum Gasteiger partial charge on any atom is -0.459 e. The summed E-state index contributed by atoms with van der Waals surface area (Å²) in [6.07, 6.45) is 0.703. The number of nitrogens with one attached hydrogen (secondary N) is 1. The number of esters is 1. The summed E-state index contributed by atoms with van der Waals surface area (Å²) in [4.78, 5) is 16.4. The van der Waals surface area contributed by atoms with E-state index in [-0.39, 0.29) is 34.1 Å². The van der Waals surface area contributed by atoms with Crippen LogP contribution in [0.5, 0.6) is 0 Å². The fourth-order valence-corrected chi connectivity index (χ4v) is 5.68. The summed E-state index contributed by atoms with van der Waals surface area (Å²) in [7, 11) is 0. The summed E-state index contributed by atoms with van der Waals surface area (Å²) in [5.41, 5.74) is 5.47. The molecule has 7 nitrogen and oxygen atoms in total. The molecule has 3 rings (SSSR count). The molecule has 4 atom stereocenters. The smallest absolute Gasteiger partial charge is 0.324 e. The first-order valence-corrected chi connectivity index (χ1v) is 13.2. The van der Waals surface area contributed by atoms with E-state index < -0.39 is 52.0 Å². The highest BCUT2D eigenvalue weighted by molar-refractivity contribution is 6.31. The van der Waals surface area contributed by atoms with E-state index in [1.807, 2.05) is 13.8 Å². The zero-order valence-corrected chi connectivity index (χ0v) is 23.9. The second-order valence-electron chi connectivity index (χ2n) is 11.5. The van der Waals surface area contributed by atoms with Crippen molar-refractivity contribution in [1.82, 2.24) is 5.32 Å². The van der Waals surface area contributed by atoms with E-state index in [4.69, 9.17) is 33.5 Å². The number of azide groups is 1. The molecule has 1 heterocycles. The Balaban J connectivity index is 2.32. The van der Waals surface area contributed by atoms with Crippen molar-refractivity contribution in [2.45, 2.75) is 76.5 Å². The molecule has 4 unspecified atom stereocenters. The largest absolute Gasteiger partial charge is 0.459 e. The van der Waals surface area contributed by atoms with Gasteiger partial charge in [-0.1, -0.05) is 60.4 Å². The molecule has 0 amide bonds. The molecule has 11 heteroatoms. The van der Waals surface area contributed by atoms with Crippen molar-refractivity contribution in [2.75, 3.05) is 6.54 Å². The van der Waals surface area contributed by atoms with Crippen LogP contribution >= 0.6 is 23.2 Å². The van der Waals surface area contributed by atoms with Gasteiger partial charge < -0.3 is 4.74 Å². The van der Waals surface area contributed by atoms with Crippen LogP contribution in [0.3, 0.4) is 0 Å². The summed E-state index contributed by atoms with van der Waals surface area (Å²) in [6, 6.07) is 8.49. The summed E-state index contributed by atoms with van der Waals surface area (Å²) >= 11 is 12.2. The first-order valence-electron chi connectivity index (χ1n) is 12.5. The molecule has 0 spiro atoms. The lowest BCUT2D eigenvalue weighted by molar-refractivity contribution is -0.157. The molecular formula is C28H31Cl2F2N5O2. The standard InChI is InChI=1S/C28H31Cl2F2N5O2/c1-26(2,3)39-25(38)24-22(17-7-6-8-19(30)23(17)32)28(15-33,18-10-9-16(29)13-20(18)31)21(36-24)14-27(4,5)11-12-35-37-34/h6-10,13,21-22,24,36H,11-12,14H2,1-5H3. The Kier molecular flexibility index (Phi) is 9.19. The normalized spacial score (nSPS) is 23.1. The molecule has 1 N–H and O–H groups in total. The van der Waals surface area contributed by atoms with E-state index >= 15 is 8.78 Å². The first kappa shape index (κ1) is 30.6. The maximum absolute atomic E-state index is 15.7.